The van der Waals surface area contributed by atoms with Gasteiger partial charge in [0, 0.05) is 23.2 Å². The predicted octanol–water partition coefficient (Wildman–Crippen LogP) is 16.6. The SMILES string of the molecule is CCC(C)n1c(-c2ccccc2)nc2cc(-c3ccc4c(-c5ccccc5)c5cc(-c6ccc7c(c6)nc(-c6ccccc6)n7C(C)CC)ccc5c(-c5ccccc5)c4c3)ccc21. The molecule has 0 saturated carbocycles. The van der Waals surface area contributed by atoms with Crippen molar-refractivity contribution in [1.29, 1.82) is 0 Å². The fourth-order valence-electron chi connectivity index (χ4n) is 9.81. The molecule has 0 aliphatic rings. The molecule has 0 aliphatic carbocycles. The van der Waals surface area contributed by atoms with Gasteiger partial charge in [-0.3, -0.25) is 0 Å². The summed E-state index contributed by atoms with van der Waals surface area (Å²) in [5.74, 6) is 2.03. The summed E-state index contributed by atoms with van der Waals surface area (Å²) in [6.07, 6.45) is 2.04. The smallest absolute Gasteiger partial charge is 0.141 e. The van der Waals surface area contributed by atoms with E-state index in [-0.39, 0.29) is 0 Å². The first kappa shape index (κ1) is 39.3. The largest absolute Gasteiger partial charge is 0.321 e. The molecule has 64 heavy (non-hydrogen) atoms. The van der Waals surface area contributed by atoms with Crippen molar-refractivity contribution in [1.82, 2.24) is 19.1 Å². The summed E-state index contributed by atoms with van der Waals surface area (Å²) in [5, 5.41) is 4.90. The van der Waals surface area contributed by atoms with Crippen molar-refractivity contribution in [3.8, 4) is 67.3 Å². The van der Waals surface area contributed by atoms with Gasteiger partial charge in [-0.2, -0.15) is 0 Å². The summed E-state index contributed by atoms with van der Waals surface area (Å²) in [6.45, 7) is 9.07. The third-order valence-electron chi connectivity index (χ3n) is 13.4. The average Bonchev–Trinajstić information content (AvgIpc) is 3.95. The molecule has 4 nitrogen and oxygen atoms in total. The highest BCUT2D eigenvalue weighted by molar-refractivity contribution is 6.22. The number of rotatable bonds is 10. The molecule has 2 aromatic heterocycles. The molecular weight excluding hydrogens is 777 g/mol. The highest BCUT2D eigenvalue weighted by atomic mass is 15.1. The maximum Gasteiger partial charge on any atom is 0.141 e. The van der Waals surface area contributed by atoms with Gasteiger partial charge >= 0.3 is 0 Å². The molecule has 11 aromatic rings. The summed E-state index contributed by atoms with van der Waals surface area (Å²) in [4.78, 5) is 10.6. The number of aromatic nitrogens is 4. The first-order chi connectivity index (χ1) is 31.5. The second kappa shape index (κ2) is 16.3. The van der Waals surface area contributed by atoms with Gasteiger partial charge in [0.2, 0.25) is 0 Å². The van der Waals surface area contributed by atoms with Crippen LogP contribution >= 0.6 is 0 Å². The summed E-state index contributed by atoms with van der Waals surface area (Å²) < 4.78 is 4.82. The molecular formula is C60H50N4. The molecule has 0 spiro atoms. The number of hydrogen-bond donors (Lipinski definition) is 0. The maximum absolute atomic E-state index is 5.30. The van der Waals surface area contributed by atoms with Gasteiger partial charge in [0.1, 0.15) is 11.6 Å². The molecule has 0 saturated heterocycles. The Bertz CT molecular complexity index is 3240. The lowest BCUT2D eigenvalue weighted by Gasteiger charge is -2.20. The van der Waals surface area contributed by atoms with Crippen LogP contribution in [0.15, 0.2) is 194 Å². The highest BCUT2D eigenvalue weighted by Crippen LogP contribution is 2.46. The van der Waals surface area contributed by atoms with Crippen molar-refractivity contribution in [3.63, 3.8) is 0 Å². The van der Waals surface area contributed by atoms with Crippen LogP contribution < -0.4 is 0 Å². The summed E-state index contributed by atoms with van der Waals surface area (Å²) in [6, 6.07) is 71.4. The normalized spacial score (nSPS) is 12.7. The molecule has 2 heterocycles. The molecule has 0 radical (unpaired) electrons. The topological polar surface area (TPSA) is 35.6 Å². The predicted molar refractivity (Wildman–Crippen MR) is 271 cm³/mol. The van der Waals surface area contributed by atoms with E-state index < -0.39 is 0 Å². The quantitative estimate of drug-likeness (QED) is 0.129. The van der Waals surface area contributed by atoms with Crippen LogP contribution in [0, 0.1) is 0 Å². The van der Waals surface area contributed by atoms with Crippen molar-refractivity contribution < 1.29 is 0 Å². The van der Waals surface area contributed by atoms with E-state index in [0.29, 0.717) is 12.1 Å². The Kier molecular flexibility index (Phi) is 10.0. The van der Waals surface area contributed by atoms with Gasteiger partial charge < -0.3 is 9.13 Å². The van der Waals surface area contributed by atoms with Crippen molar-refractivity contribution >= 4 is 43.6 Å². The van der Waals surface area contributed by atoms with E-state index in [2.05, 4.69) is 231 Å². The minimum absolute atomic E-state index is 0.314. The highest BCUT2D eigenvalue weighted by Gasteiger charge is 2.22. The van der Waals surface area contributed by atoms with Gasteiger partial charge in [-0.1, -0.05) is 172 Å². The van der Waals surface area contributed by atoms with Crippen LogP contribution in [0.4, 0.5) is 0 Å². The fraction of sp³-hybridized carbons (Fsp3) is 0.133. The zero-order valence-electron chi connectivity index (χ0n) is 36.8. The Labute approximate surface area is 375 Å². The minimum Gasteiger partial charge on any atom is -0.321 e. The maximum atomic E-state index is 5.30. The molecule has 0 fully saturated rings. The molecule has 0 amide bonds. The van der Waals surface area contributed by atoms with E-state index in [9.17, 15) is 0 Å². The third kappa shape index (κ3) is 6.69. The number of fused-ring (bicyclic) bond motifs is 4. The van der Waals surface area contributed by atoms with Crippen LogP contribution in [0.5, 0.6) is 0 Å². The molecule has 2 unspecified atom stereocenters. The Morgan fingerprint density at radius 3 is 1.03 bits per heavy atom. The first-order valence-electron chi connectivity index (χ1n) is 22.8. The number of imidazole rings is 2. The summed E-state index contributed by atoms with van der Waals surface area (Å²) >= 11 is 0. The third-order valence-corrected chi connectivity index (χ3v) is 13.4. The molecule has 4 heteroatoms. The lowest BCUT2D eigenvalue weighted by Crippen LogP contribution is -2.05. The van der Waals surface area contributed by atoms with Crippen molar-refractivity contribution in [2.75, 3.05) is 0 Å². The Hall–Kier alpha value is -7.56. The van der Waals surface area contributed by atoms with Crippen molar-refractivity contribution in [3.05, 3.63) is 194 Å². The second-order valence-corrected chi connectivity index (χ2v) is 17.3. The average molecular weight is 827 g/mol. The Morgan fingerprint density at radius 1 is 0.344 bits per heavy atom. The Balaban J connectivity index is 1.12. The Morgan fingerprint density at radius 2 is 0.672 bits per heavy atom. The zero-order chi connectivity index (χ0) is 43.3. The number of nitrogens with zero attached hydrogens (tertiary/aromatic N) is 4. The first-order valence-corrected chi connectivity index (χ1v) is 22.8. The van der Waals surface area contributed by atoms with Crippen LogP contribution in [0.1, 0.15) is 52.6 Å². The number of benzene rings is 9. The molecule has 0 aliphatic heterocycles. The van der Waals surface area contributed by atoms with Gasteiger partial charge in [0.05, 0.1) is 22.1 Å². The van der Waals surface area contributed by atoms with Crippen LogP contribution in [0.2, 0.25) is 0 Å². The molecule has 310 valence electrons. The van der Waals surface area contributed by atoms with Gasteiger partial charge in [-0.25, -0.2) is 9.97 Å². The molecule has 2 atom stereocenters. The summed E-state index contributed by atoms with van der Waals surface area (Å²) in [5.41, 5.74) is 16.1. The van der Waals surface area contributed by atoms with Crippen LogP contribution in [-0.2, 0) is 0 Å². The van der Waals surface area contributed by atoms with Crippen molar-refractivity contribution in [2.45, 2.75) is 52.6 Å². The minimum atomic E-state index is 0.314. The van der Waals surface area contributed by atoms with Gasteiger partial charge in [0.25, 0.3) is 0 Å². The molecule has 0 N–H and O–H groups in total. The monoisotopic (exact) mass is 826 g/mol. The lowest BCUT2D eigenvalue weighted by molar-refractivity contribution is 0.550. The van der Waals surface area contributed by atoms with Gasteiger partial charge in [-0.05, 0) is 129 Å². The number of hydrogen-bond acceptors (Lipinski definition) is 2. The van der Waals surface area contributed by atoms with E-state index >= 15 is 0 Å². The zero-order valence-corrected chi connectivity index (χ0v) is 36.8. The van der Waals surface area contributed by atoms with Crippen LogP contribution in [-0.4, -0.2) is 19.1 Å². The van der Waals surface area contributed by atoms with Crippen molar-refractivity contribution in [2.24, 2.45) is 0 Å². The van der Waals surface area contributed by atoms with Gasteiger partial charge in [-0.15, -0.1) is 0 Å². The van der Waals surface area contributed by atoms with E-state index in [1.54, 1.807) is 0 Å². The standard InChI is InChI=1S/C60H50N4/c1-5-39(3)63-55-33-29-47(37-53(55)61-59(63)43-23-15-9-16-24-43)45-27-31-49-51(35-45)57(41-19-11-7-12-20-41)50-32-28-46(36-52(50)58(49)42-21-13-8-14-22-42)48-30-34-56-54(38-48)62-60(64(56)40(4)6-2)44-25-17-10-18-26-44/h7-40H,5-6H2,1-4H3. The van der Waals surface area contributed by atoms with E-state index in [4.69, 9.17) is 9.97 Å². The van der Waals surface area contributed by atoms with Gasteiger partial charge in [0.15, 0.2) is 0 Å². The van der Waals surface area contributed by atoms with E-state index in [1.165, 1.54) is 54.9 Å². The molecule has 9 aromatic carbocycles. The lowest BCUT2D eigenvalue weighted by atomic mass is 9.84. The molecule has 11 rings (SSSR count). The van der Waals surface area contributed by atoms with Crippen LogP contribution in [0.25, 0.3) is 111 Å². The summed E-state index contributed by atoms with van der Waals surface area (Å²) in [7, 11) is 0. The molecule has 0 bridgehead atoms. The second-order valence-electron chi connectivity index (χ2n) is 17.3. The van der Waals surface area contributed by atoms with E-state index in [1.807, 2.05) is 0 Å². The fourth-order valence-corrected chi connectivity index (χ4v) is 9.81. The van der Waals surface area contributed by atoms with E-state index in [0.717, 1.165) is 68.8 Å². The van der Waals surface area contributed by atoms with Crippen LogP contribution in [0.3, 0.4) is 0 Å².